The molecule has 104 valence electrons. The Balaban J connectivity index is 2.38. The van der Waals surface area contributed by atoms with Gasteiger partial charge in [0.2, 0.25) is 0 Å². The molecule has 0 saturated heterocycles. The summed E-state index contributed by atoms with van der Waals surface area (Å²) in [6.45, 7) is 4.09. The van der Waals surface area contributed by atoms with E-state index in [0.717, 1.165) is 19.1 Å². The molecule has 1 aromatic carbocycles. The molecule has 0 amide bonds. The van der Waals surface area contributed by atoms with Crippen molar-refractivity contribution in [2.45, 2.75) is 52.1 Å². The molecule has 0 N–H and O–H groups in total. The molecular formula is C16H22O3. The zero-order valence-electron chi connectivity index (χ0n) is 11.7. The summed E-state index contributed by atoms with van der Waals surface area (Å²) in [6, 6.07) is 6.48. The summed E-state index contributed by atoms with van der Waals surface area (Å²) in [5.74, 6) is -0.319. The van der Waals surface area contributed by atoms with Gasteiger partial charge in [-0.3, -0.25) is 4.79 Å². The van der Waals surface area contributed by atoms with E-state index >= 15 is 0 Å². The van der Waals surface area contributed by atoms with Crippen molar-refractivity contribution in [1.29, 1.82) is 0 Å². The highest BCUT2D eigenvalue weighted by molar-refractivity contribution is 5.90. The summed E-state index contributed by atoms with van der Waals surface area (Å²) >= 11 is 0. The number of carbonyl (C=O) groups excluding carboxylic acids is 2. The lowest BCUT2D eigenvalue weighted by atomic mass is 10.1. The van der Waals surface area contributed by atoms with Crippen molar-refractivity contribution in [3.63, 3.8) is 0 Å². The number of hydrogen-bond donors (Lipinski definition) is 0. The van der Waals surface area contributed by atoms with Crippen molar-refractivity contribution in [3.05, 3.63) is 35.4 Å². The fourth-order valence-electron chi connectivity index (χ4n) is 1.87. The SMILES string of the molecule is CCCCCC[C@@H](C)OC(=O)c1ccc(C=O)cc1. The maximum atomic E-state index is 11.8. The quantitative estimate of drug-likeness (QED) is 0.404. The maximum absolute atomic E-state index is 11.8. The molecule has 1 atom stereocenters. The molecule has 0 aliphatic carbocycles. The highest BCUT2D eigenvalue weighted by atomic mass is 16.5. The van der Waals surface area contributed by atoms with Crippen LogP contribution >= 0.6 is 0 Å². The lowest BCUT2D eigenvalue weighted by Gasteiger charge is -2.13. The van der Waals surface area contributed by atoms with E-state index in [2.05, 4.69) is 6.92 Å². The first-order valence-corrected chi connectivity index (χ1v) is 6.93. The van der Waals surface area contributed by atoms with Gasteiger partial charge in [0, 0.05) is 5.56 Å². The van der Waals surface area contributed by atoms with Crippen LogP contribution in [0.25, 0.3) is 0 Å². The van der Waals surface area contributed by atoms with Crippen LogP contribution in [-0.4, -0.2) is 18.4 Å². The molecular weight excluding hydrogens is 240 g/mol. The summed E-state index contributed by atoms with van der Waals surface area (Å²) in [4.78, 5) is 22.4. The van der Waals surface area contributed by atoms with Crippen LogP contribution in [0.15, 0.2) is 24.3 Å². The van der Waals surface area contributed by atoms with Crippen molar-refractivity contribution in [2.24, 2.45) is 0 Å². The van der Waals surface area contributed by atoms with Gasteiger partial charge in [0.25, 0.3) is 0 Å². The van der Waals surface area contributed by atoms with Crippen LogP contribution in [-0.2, 0) is 4.74 Å². The van der Waals surface area contributed by atoms with Crippen LogP contribution in [0.1, 0.15) is 66.7 Å². The predicted molar refractivity (Wildman–Crippen MR) is 75.5 cm³/mol. The number of carbonyl (C=O) groups is 2. The zero-order chi connectivity index (χ0) is 14.1. The number of rotatable bonds is 8. The number of ether oxygens (including phenoxy) is 1. The molecule has 0 aliphatic rings. The van der Waals surface area contributed by atoms with E-state index in [1.165, 1.54) is 19.3 Å². The van der Waals surface area contributed by atoms with Crippen molar-refractivity contribution >= 4 is 12.3 Å². The van der Waals surface area contributed by atoms with Crippen LogP contribution in [0.4, 0.5) is 0 Å². The zero-order valence-corrected chi connectivity index (χ0v) is 11.7. The molecule has 0 spiro atoms. The smallest absolute Gasteiger partial charge is 0.338 e. The van der Waals surface area contributed by atoms with Gasteiger partial charge in [-0.05, 0) is 31.9 Å². The molecule has 0 saturated carbocycles. The van der Waals surface area contributed by atoms with Gasteiger partial charge in [-0.25, -0.2) is 4.79 Å². The fourth-order valence-corrected chi connectivity index (χ4v) is 1.87. The van der Waals surface area contributed by atoms with Crippen LogP contribution in [0.2, 0.25) is 0 Å². The summed E-state index contributed by atoms with van der Waals surface area (Å²) in [5, 5.41) is 0. The highest BCUT2D eigenvalue weighted by Gasteiger charge is 2.11. The van der Waals surface area contributed by atoms with Crippen LogP contribution in [0, 0.1) is 0 Å². The molecule has 0 unspecified atom stereocenters. The molecule has 1 rings (SSSR count). The molecule has 1 aromatic rings. The first-order valence-electron chi connectivity index (χ1n) is 6.93. The Labute approximate surface area is 115 Å². The Hall–Kier alpha value is -1.64. The second-order valence-corrected chi connectivity index (χ2v) is 4.81. The Morgan fingerprint density at radius 1 is 1.21 bits per heavy atom. The molecule has 0 bridgehead atoms. The van der Waals surface area contributed by atoms with Gasteiger partial charge in [-0.1, -0.05) is 38.3 Å². The molecule has 0 heterocycles. The summed E-state index contributed by atoms with van der Waals surface area (Å²) < 4.78 is 5.36. The van der Waals surface area contributed by atoms with Gasteiger partial charge in [0.15, 0.2) is 0 Å². The highest BCUT2D eigenvalue weighted by Crippen LogP contribution is 2.11. The molecule has 0 fully saturated rings. The van der Waals surface area contributed by atoms with Gasteiger partial charge < -0.3 is 4.74 Å². The average Bonchev–Trinajstić information content (AvgIpc) is 2.43. The van der Waals surface area contributed by atoms with Gasteiger partial charge in [0.05, 0.1) is 11.7 Å². The van der Waals surface area contributed by atoms with Crippen molar-refractivity contribution < 1.29 is 14.3 Å². The Bertz CT molecular complexity index is 395. The molecule has 19 heavy (non-hydrogen) atoms. The minimum absolute atomic E-state index is 0.0601. The van der Waals surface area contributed by atoms with Crippen LogP contribution in [0.3, 0.4) is 0 Å². The Morgan fingerprint density at radius 3 is 2.47 bits per heavy atom. The Kier molecular flexibility index (Phi) is 6.86. The van der Waals surface area contributed by atoms with E-state index in [1.807, 2.05) is 6.92 Å². The van der Waals surface area contributed by atoms with E-state index in [4.69, 9.17) is 4.74 Å². The van der Waals surface area contributed by atoms with Gasteiger partial charge in [-0.15, -0.1) is 0 Å². The van der Waals surface area contributed by atoms with E-state index in [0.29, 0.717) is 11.1 Å². The summed E-state index contributed by atoms with van der Waals surface area (Å²) in [6.07, 6.45) is 6.31. The second kappa shape index (κ2) is 8.46. The third-order valence-corrected chi connectivity index (χ3v) is 3.05. The standard InChI is InChI=1S/C16H22O3/c1-3-4-5-6-7-13(2)19-16(18)15-10-8-14(12-17)9-11-15/h8-13H,3-7H2,1-2H3/t13-/m1/s1. The molecule has 0 aliphatic heterocycles. The van der Waals surface area contributed by atoms with Crippen LogP contribution < -0.4 is 0 Å². The normalized spacial score (nSPS) is 11.9. The van der Waals surface area contributed by atoms with Crippen LogP contribution in [0.5, 0.6) is 0 Å². The summed E-state index contributed by atoms with van der Waals surface area (Å²) in [5.41, 5.74) is 1.05. The van der Waals surface area contributed by atoms with Crippen molar-refractivity contribution in [3.8, 4) is 0 Å². The number of aldehydes is 1. The first-order chi connectivity index (χ1) is 9.17. The minimum Gasteiger partial charge on any atom is -0.459 e. The van der Waals surface area contributed by atoms with Gasteiger partial charge >= 0.3 is 5.97 Å². The van der Waals surface area contributed by atoms with Crippen molar-refractivity contribution in [2.75, 3.05) is 0 Å². The maximum Gasteiger partial charge on any atom is 0.338 e. The lowest BCUT2D eigenvalue weighted by molar-refractivity contribution is 0.0319. The van der Waals surface area contributed by atoms with E-state index < -0.39 is 0 Å². The Morgan fingerprint density at radius 2 is 1.89 bits per heavy atom. The average molecular weight is 262 g/mol. The molecule has 0 radical (unpaired) electrons. The lowest BCUT2D eigenvalue weighted by Crippen LogP contribution is -2.15. The van der Waals surface area contributed by atoms with E-state index in [-0.39, 0.29) is 12.1 Å². The summed E-state index contributed by atoms with van der Waals surface area (Å²) in [7, 11) is 0. The molecule has 0 aromatic heterocycles. The second-order valence-electron chi connectivity index (χ2n) is 4.81. The number of esters is 1. The molecule has 3 heteroatoms. The van der Waals surface area contributed by atoms with Gasteiger partial charge in [-0.2, -0.15) is 0 Å². The third-order valence-electron chi connectivity index (χ3n) is 3.05. The third kappa shape index (κ3) is 5.69. The first kappa shape index (κ1) is 15.4. The van der Waals surface area contributed by atoms with E-state index in [9.17, 15) is 9.59 Å². The largest absolute Gasteiger partial charge is 0.459 e. The van der Waals surface area contributed by atoms with E-state index in [1.54, 1.807) is 24.3 Å². The number of benzene rings is 1. The minimum atomic E-state index is -0.319. The monoisotopic (exact) mass is 262 g/mol. The van der Waals surface area contributed by atoms with Crippen molar-refractivity contribution in [1.82, 2.24) is 0 Å². The predicted octanol–water partition coefficient (Wildman–Crippen LogP) is 4.01. The topological polar surface area (TPSA) is 43.4 Å². The number of unbranched alkanes of at least 4 members (excludes halogenated alkanes) is 3. The fraction of sp³-hybridized carbons (Fsp3) is 0.500. The molecule has 3 nitrogen and oxygen atoms in total. The van der Waals surface area contributed by atoms with Gasteiger partial charge in [0.1, 0.15) is 6.29 Å². The number of hydrogen-bond acceptors (Lipinski definition) is 3.